The van der Waals surface area contributed by atoms with Crippen LogP contribution in [0, 0.1) is 0 Å². The van der Waals surface area contributed by atoms with Gasteiger partial charge in [-0.25, -0.2) is 0 Å². The Morgan fingerprint density at radius 2 is 2.06 bits per heavy atom. The molecule has 84 valence electrons. The second-order valence-electron chi connectivity index (χ2n) is 3.51. The summed E-state index contributed by atoms with van der Waals surface area (Å²) in [6.45, 7) is 2.10. The minimum atomic E-state index is -0.407. The number of hydrogen-bond acceptors (Lipinski definition) is 4. The number of phenolic OH excluding ortho intramolecular Hbond substituents is 2. The van der Waals surface area contributed by atoms with E-state index in [-0.39, 0.29) is 11.5 Å². The molecule has 1 unspecified atom stereocenters. The summed E-state index contributed by atoms with van der Waals surface area (Å²) in [6, 6.07) is 2.85. The van der Waals surface area contributed by atoms with E-state index in [1.54, 1.807) is 13.1 Å². The molecule has 16 heavy (non-hydrogen) atoms. The number of aromatic nitrogens is 1. The third-order valence-electron chi connectivity index (χ3n) is 2.51. The molecule has 2 rings (SSSR count). The van der Waals surface area contributed by atoms with Gasteiger partial charge in [-0.05, 0) is 13.0 Å². The van der Waals surface area contributed by atoms with Crippen LogP contribution in [0.5, 0.6) is 11.5 Å². The number of ether oxygens (including phenoxy) is 1. The molecule has 1 atom stereocenters. The maximum absolute atomic E-state index is 10.2. The third kappa shape index (κ3) is 1.56. The monoisotopic (exact) mass is 221 g/mol. The van der Waals surface area contributed by atoms with Crippen LogP contribution in [0.2, 0.25) is 0 Å². The molecule has 3 N–H and O–H groups in total. The van der Waals surface area contributed by atoms with E-state index in [2.05, 4.69) is 4.98 Å². The van der Waals surface area contributed by atoms with Crippen LogP contribution in [-0.2, 0) is 9.53 Å². The van der Waals surface area contributed by atoms with Crippen LogP contribution in [0.4, 0.5) is 0 Å². The van der Waals surface area contributed by atoms with Gasteiger partial charge in [0.1, 0.15) is 6.10 Å². The zero-order valence-electron chi connectivity index (χ0n) is 8.60. The summed E-state index contributed by atoms with van der Waals surface area (Å²) in [5, 5.41) is 19.4. The summed E-state index contributed by atoms with van der Waals surface area (Å²) < 4.78 is 4.82. The Balaban J connectivity index is 2.55. The molecule has 0 spiro atoms. The van der Waals surface area contributed by atoms with Crippen molar-refractivity contribution >= 4 is 17.4 Å². The maximum atomic E-state index is 10.2. The van der Waals surface area contributed by atoms with E-state index in [0.29, 0.717) is 17.4 Å². The Labute approximate surface area is 91.3 Å². The van der Waals surface area contributed by atoms with Crippen molar-refractivity contribution in [3.05, 3.63) is 23.9 Å². The summed E-state index contributed by atoms with van der Waals surface area (Å²) in [5.41, 5.74) is 1.42. The normalized spacial score (nSPS) is 12.6. The lowest BCUT2D eigenvalue weighted by Crippen LogP contribution is -1.96. The minimum absolute atomic E-state index is 0.190. The first-order valence-electron chi connectivity index (χ1n) is 4.75. The predicted octanol–water partition coefficient (Wildman–Crippen LogP) is 1.81. The van der Waals surface area contributed by atoms with Crippen molar-refractivity contribution in [1.82, 2.24) is 4.98 Å². The Kier molecular flexibility index (Phi) is 2.44. The Hall–Kier alpha value is -2.17. The second kappa shape index (κ2) is 3.77. The second-order valence-corrected chi connectivity index (χ2v) is 3.51. The molecule has 0 aliphatic carbocycles. The fraction of sp³-hybridized carbons (Fsp3) is 0.182. The average molecular weight is 221 g/mol. The molecule has 0 saturated heterocycles. The van der Waals surface area contributed by atoms with Gasteiger partial charge < -0.3 is 19.9 Å². The van der Waals surface area contributed by atoms with Crippen molar-refractivity contribution in [3.63, 3.8) is 0 Å². The van der Waals surface area contributed by atoms with Gasteiger partial charge in [0.05, 0.1) is 0 Å². The first-order valence-corrected chi connectivity index (χ1v) is 4.75. The molecule has 0 bridgehead atoms. The zero-order valence-corrected chi connectivity index (χ0v) is 8.60. The van der Waals surface area contributed by atoms with E-state index in [9.17, 15) is 15.0 Å². The number of fused-ring (bicyclic) bond motifs is 1. The average Bonchev–Trinajstić information content (AvgIpc) is 2.62. The molecule has 0 aliphatic rings. The first kappa shape index (κ1) is 10.4. The van der Waals surface area contributed by atoms with Crippen molar-refractivity contribution in [2.45, 2.75) is 13.0 Å². The molecule has 5 heteroatoms. The van der Waals surface area contributed by atoms with Gasteiger partial charge in [0.15, 0.2) is 11.5 Å². The van der Waals surface area contributed by atoms with E-state index in [1.807, 2.05) is 0 Å². The number of carbonyl (C=O) groups excluding carboxylic acids is 1. The Bertz CT molecular complexity index is 532. The van der Waals surface area contributed by atoms with Gasteiger partial charge >= 0.3 is 0 Å². The van der Waals surface area contributed by atoms with Crippen LogP contribution in [0.25, 0.3) is 10.9 Å². The number of benzene rings is 1. The Morgan fingerprint density at radius 1 is 1.38 bits per heavy atom. The van der Waals surface area contributed by atoms with Crippen LogP contribution >= 0.6 is 0 Å². The number of nitrogens with one attached hydrogen (secondary N) is 1. The largest absolute Gasteiger partial charge is 0.504 e. The topological polar surface area (TPSA) is 82.6 Å². The van der Waals surface area contributed by atoms with Gasteiger partial charge in [0.2, 0.25) is 0 Å². The molecule has 5 nitrogen and oxygen atoms in total. The van der Waals surface area contributed by atoms with E-state index in [1.165, 1.54) is 12.1 Å². The quantitative estimate of drug-likeness (QED) is 0.545. The highest BCUT2D eigenvalue weighted by atomic mass is 16.5. The summed E-state index contributed by atoms with van der Waals surface area (Å²) in [5.74, 6) is -0.392. The number of H-pyrrole nitrogens is 1. The van der Waals surface area contributed by atoms with Gasteiger partial charge in [0, 0.05) is 28.7 Å². The number of hydrogen-bond donors (Lipinski definition) is 3. The summed E-state index contributed by atoms with van der Waals surface area (Å²) in [6.07, 6.45) is 1.27. The van der Waals surface area contributed by atoms with Gasteiger partial charge in [0.25, 0.3) is 6.47 Å². The highest BCUT2D eigenvalue weighted by Crippen LogP contribution is 2.34. The van der Waals surface area contributed by atoms with Crippen LogP contribution in [-0.4, -0.2) is 21.7 Å². The molecule has 0 saturated carbocycles. The lowest BCUT2D eigenvalue weighted by Gasteiger charge is -2.08. The molecule has 1 heterocycles. The van der Waals surface area contributed by atoms with Crippen molar-refractivity contribution in [2.24, 2.45) is 0 Å². The van der Waals surface area contributed by atoms with Gasteiger partial charge in [-0.2, -0.15) is 0 Å². The lowest BCUT2D eigenvalue weighted by atomic mass is 10.1. The number of aromatic amines is 1. The molecule has 0 radical (unpaired) electrons. The first-order chi connectivity index (χ1) is 7.63. The van der Waals surface area contributed by atoms with Crippen LogP contribution in [0.3, 0.4) is 0 Å². The van der Waals surface area contributed by atoms with Crippen LogP contribution in [0.1, 0.15) is 18.6 Å². The third-order valence-corrected chi connectivity index (χ3v) is 2.51. The maximum Gasteiger partial charge on any atom is 0.293 e. The fourth-order valence-electron chi connectivity index (χ4n) is 1.66. The van der Waals surface area contributed by atoms with Crippen molar-refractivity contribution in [2.75, 3.05) is 0 Å². The van der Waals surface area contributed by atoms with E-state index in [4.69, 9.17) is 4.74 Å². The number of phenols is 2. The molecule has 0 aliphatic heterocycles. The smallest absolute Gasteiger partial charge is 0.293 e. The van der Waals surface area contributed by atoms with Crippen LogP contribution in [0.15, 0.2) is 18.3 Å². The fourth-order valence-corrected chi connectivity index (χ4v) is 1.66. The zero-order chi connectivity index (χ0) is 11.7. The number of rotatable bonds is 3. The molecule has 2 aromatic rings. The highest BCUT2D eigenvalue weighted by Gasteiger charge is 2.13. The van der Waals surface area contributed by atoms with Gasteiger partial charge in [-0.3, -0.25) is 4.79 Å². The lowest BCUT2D eigenvalue weighted by molar-refractivity contribution is -0.133. The SMILES string of the molecule is CC(OC=O)c1c[nH]c2cc(O)c(O)cc12. The molecular formula is C11H11NO4. The standard InChI is InChI=1S/C11H11NO4/c1-6(16-5-13)8-4-12-9-3-11(15)10(14)2-7(8)9/h2-6,12,14-15H,1H3. The van der Waals surface area contributed by atoms with Crippen LogP contribution < -0.4 is 0 Å². The summed E-state index contributed by atoms with van der Waals surface area (Å²) in [7, 11) is 0. The molecule has 0 fully saturated rings. The molecule has 0 amide bonds. The van der Waals surface area contributed by atoms with Crippen molar-refractivity contribution < 1.29 is 19.7 Å². The van der Waals surface area contributed by atoms with Crippen molar-refractivity contribution in [1.29, 1.82) is 0 Å². The highest BCUT2D eigenvalue weighted by molar-refractivity contribution is 5.86. The van der Waals surface area contributed by atoms with E-state index < -0.39 is 6.10 Å². The summed E-state index contributed by atoms with van der Waals surface area (Å²) >= 11 is 0. The van der Waals surface area contributed by atoms with Gasteiger partial charge in [-0.1, -0.05) is 0 Å². The Morgan fingerprint density at radius 3 is 2.75 bits per heavy atom. The predicted molar refractivity (Wildman–Crippen MR) is 57.2 cm³/mol. The number of carbonyl (C=O) groups is 1. The molecule has 1 aromatic heterocycles. The van der Waals surface area contributed by atoms with Gasteiger partial charge in [-0.15, -0.1) is 0 Å². The van der Waals surface area contributed by atoms with E-state index in [0.717, 1.165) is 5.56 Å². The van der Waals surface area contributed by atoms with Crippen molar-refractivity contribution in [3.8, 4) is 11.5 Å². The minimum Gasteiger partial charge on any atom is -0.504 e. The summed E-state index contributed by atoms with van der Waals surface area (Å²) in [4.78, 5) is 13.2. The molecule has 1 aromatic carbocycles. The number of aromatic hydroxyl groups is 2. The van der Waals surface area contributed by atoms with E-state index >= 15 is 0 Å². The molecular weight excluding hydrogens is 210 g/mol.